The van der Waals surface area contributed by atoms with Crippen LogP contribution in [0.25, 0.3) is 22.5 Å². The van der Waals surface area contributed by atoms with Crippen molar-refractivity contribution in [2.75, 3.05) is 23.3 Å². The lowest BCUT2D eigenvalue weighted by Crippen LogP contribution is -2.31. The highest BCUT2D eigenvalue weighted by Gasteiger charge is 2.31. The highest BCUT2D eigenvalue weighted by Crippen LogP contribution is 2.39. The van der Waals surface area contributed by atoms with Gasteiger partial charge in [-0.1, -0.05) is 42.5 Å². The summed E-state index contributed by atoms with van der Waals surface area (Å²) < 4.78 is 42.6. The Kier molecular flexibility index (Phi) is 6.91. The van der Waals surface area contributed by atoms with E-state index < -0.39 is 11.7 Å². The van der Waals surface area contributed by atoms with Gasteiger partial charge < -0.3 is 14.8 Å². The third kappa shape index (κ3) is 5.33. The van der Waals surface area contributed by atoms with Crippen molar-refractivity contribution in [3.8, 4) is 22.5 Å². The fourth-order valence-corrected chi connectivity index (χ4v) is 4.94. The monoisotopic (exact) mass is 505 g/mol. The first-order valence-electron chi connectivity index (χ1n) is 12.6. The molecule has 1 aliphatic rings. The summed E-state index contributed by atoms with van der Waals surface area (Å²) in [6.45, 7) is 3.82. The van der Waals surface area contributed by atoms with Crippen LogP contribution in [0.3, 0.4) is 0 Å². The molecule has 1 atom stereocenters. The largest absolute Gasteiger partial charge is 0.416 e. The van der Waals surface area contributed by atoms with Crippen LogP contribution in [0.2, 0.25) is 0 Å². The highest BCUT2D eigenvalue weighted by molar-refractivity contribution is 5.82. The summed E-state index contributed by atoms with van der Waals surface area (Å²) >= 11 is 0. The number of imidazole rings is 1. The number of halogens is 3. The number of piperidine rings is 1. The van der Waals surface area contributed by atoms with Gasteiger partial charge in [0.1, 0.15) is 5.82 Å². The molecule has 2 aromatic carbocycles. The Morgan fingerprint density at radius 2 is 1.65 bits per heavy atom. The number of aromatic nitrogens is 3. The maximum atomic E-state index is 13.6. The third-order valence-corrected chi connectivity index (χ3v) is 6.87. The molecule has 192 valence electrons. The van der Waals surface area contributed by atoms with Gasteiger partial charge in [-0.05, 0) is 56.0 Å². The number of rotatable bonds is 6. The Labute approximate surface area is 215 Å². The van der Waals surface area contributed by atoms with Crippen LogP contribution in [0.4, 0.5) is 24.9 Å². The van der Waals surface area contributed by atoms with Crippen molar-refractivity contribution in [2.45, 2.75) is 38.4 Å². The van der Waals surface area contributed by atoms with Crippen molar-refractivity contribution in [3.05, 3.63) is 84.1 Å². The molecule has 1 aliphatic heterocycles. The van der Waals surface area contributed by atoms with E-state index in [2.05, 4.69) is 34.3 Å². The molecular weight excluding hydrogens is 475 g/mol. The second kappa shape index (κ2) is 10.3. The lowest BCUT2D eigenvalue weighted by molar-refractivity contribution is -0.137. The average molecular weight is 506 g/mol. The van der Waals surface area contributed by atoms with Crippen LogP contribution in [0.5, 0.6) is 0 Å². The Hall–Kier alpha value is -3.81. The number of hydrogen-bond donors (Lipinski definition) is 1. The van der Waals surface area contributed by atoms with Crippen molar-refractivity contribution < 1.29 is 13.2 Å². The van der Waals surface area contributed by atoms with Gasteiger partial charge in [0.2, 0.25) is 5.95 Å². The van der Waals surface area contributed by atoms with Crippen LogP contribution in [0.1, 0.15) is 43.4 Å². The zero-order valence-electron chi connectivity index (χ0n) is 21.0. The van der Waals surface area contributed by atoms with E-state index >= 15 is 0 Å². The van der Waals surface area contributed by atoms with Crippen molar-refractivity contribution in [2.24, 2.45) is 7.05 Å². The smallest absolute Gasteiger partial charge is 0.364 e. The molecule has 1 fully saturated rings. The fourth-order valence-electron chi connectivity index (χ4n) is 4.94. The van der Waals surface area contributed by atoms with E-state index in [1.807, 2.05) is 41.9 Å². The molecule has 0 bridgehead atoms. The topological polar surface area (TPSA) is 46.0 Å². The quantitative estimate of drug-likeness (QED) is 0.298. The minimum Gasteiger partial charge on any atom is -0.364 e. The lowest BCUT2D eigenvalue weighted by Gasteiger charge is -2.27. The summed E-state index contributed by atoms with van der Waals surface area (Å²) in [4.78, 5) is 11.7. The van der Waals surface area contributed by atoms with Crippen LogP contribution in [-0.4, -0.2) is 27.6 Å². The van der Waals surface area contributed by atoms with E-state index in [9.17, 15) is 13.2 Å². The number of pyridine rings is 1. The number of benzene rings is 2. The fraction of sp³-hybridized carbons (Fsp3) is 0.310. The first-order chi connectivity index (χ1) is 17.8. The van der Waals surface area contributed by atoms with E-state index in [-0.39, 0.29) is 6.04 Å². The molecular formula is C29H30F3N5. The summed E-state index contributed by atoms with van der Waals surface area (Å²) in [7, 11) is 1.88. The Bertz CT molecular complexity index is 1360. The maximum Gasteiger partial charge on any atom is 0.416 e. The molecule has 0 amide bonds. The molecule has 1 N–H and O–H groups in total. The van der Waals surface area contributed by atoms with Crippen LogP contribution < -0.4 is 10.2 Å². The van der Waals surface area contributed by atoms with Crippen molar-refractivity contribution in [1.82, 2.24) is 14.5 Å². The second-order valence-corrected chi connectivity index (χ2v) is 9.50. The Balaban J connectivity index is 1.58. The molecule has 0 spiro atoms. The summed E-state index contributed by atoms with van der Waals surface area (Å²) in [5, 5.41) is 3.44. The van der Waals surface area contributed by atoms with Crippen LogP contribution in [-0.2, 0) is 13.2 Å². The van der Waals surface area contributed by atoms with Crippen LogP contribution in [0.15, 0.2) is 72.9 Å². The van der Waals surface area contributed by atoms with Gasteiger partial charge in [-0.3, -0.25) is 0 Å². The molecule has 0 saturated carbocycles. The predicted molar refractivity (Wildman–Crippen MR) is 141 cm³/mol. The second-order valence-electron chi connectivity index (χ2n) is 9.50. The molecule has 37 heavy (non-hydrogen) atoms. The van der Waals surface area contributed by atoms with Gasteiger partial charge in [0, 0.05) is 43.5 Å². The van der Waals surface area contributed by atoms with Gasteiger partial charge >= 0.3 is 6.18 Å². The van der Waals surface area contributed by atoms with Crippen molar-refractivity contribution in [1.29, 1.82) is 0 Å². The van der Waals surface area contributed by atoms with Crippen molar-refractivity contribution >= 4 is 11.8 Å². The first-order valence-corrected chi connectivity index (χ1v) is 12.6. The SMILES string of the molecule is C[C@H](Nc1cc(-c2nc(N3CCCCC3)n(C)c2-c2cccc(C(F)(F)F)c2)ccn1)c1ccccc1. The van der Waals surface area contributed by atoms with Crippen LogP contribution in [0, 0.1) is 0 Å². The summed E-state index contributed by atoms with van der Waals surface area (Å²) in [6, 6.07) is 19.4. The molecule has 5 nitrogen and oxygen atoms in total. The molecule has 8 heteroatoms. The van der Waals surface area contributed by atoms with Crippen molar-refractivity contribution in [3.63, 3.8) is 0 Å². The summed E-state index contributed by atoms with van der Waals surface area (Å²) in [6.07, 6.45) is 0.600. The van der Waals surface area contributed by atoms with Gasteiger partial charge in [-0.15, -0.1) is 0 Å². The Morgan fingerprint density at radius 1 is 0.892 bits per heavy atom. The molecule has 0 unspecified atom stereocenters. The molecule has 1 saturated heterocycles. The molecule has 3 heterocycles. The minimum absolute atomic E-state index is 0.0273. The number of nitrogens with zero attached hydrogens (tertiary/aromatic N) is 4. The van der Waals surface area contributed by atoms with Gasteiger partial charge in [0.15, 0.2) is 0 Å². The van der Waals surface area contributed by atoms with E-state index in [0.717, 1.165) is 49.1 Å². The molecule has 5 rings (SSSR count). The normalized spacial score (nSPS) is 15.0. The minimum atomic E-state index is -4.42. The third-order valence-electron chi connectivity index (χ3n) is 6.87. The van der Waals surface area contributed by atoms with Gasteiger partial charge in [-0.25, -0.2) is 9.97 Å². The zero-order chi connectivity index (χ0) is 26.0. The zero-order valence-corrected chi connectivity index (χ0v) is 21.0. The molecule has 2 aromatic heterocycles. The van der Waals surface area contributed by atoms with E-state index in [1.165, 1.54) is 18.6 Å². The van der Waals surface area contributed by atoms with E-state index in [1.54, 1.807) is 12.3 Å². The average Bonchev–Trinajstić information content (AvgIpc) is 3.26. The standard InChI is InChI=1S/C29H30F3N5/c1-20(21-10-5-3-6-11-21)34-25-19-22(14-15-33-25)26-27(23-12-9-13-24(18-23)29(30,31)32)36(2)28(35-26)37-16-7-4-8-17-37/h3,5-6,9-15,18-20H,4,7-8,16-17H2,1-2H3,(H,33,34)/t20-/m0/s1. The predicted octanol–water partition coefficient (Wildman–Crippen LogP) is 7.33. The lowest BCUT2D eigenvalue weighted by atomic mass is 10.0. The summed E-state index contributed by atoms with van der Waals surface area (Å²) in [5.74, 6) is 1.44. The first kappa shape index (κ1) is 24.9. The number of anilines is 2. The van der Waals surface area contributed by atoms with Gasteiger partial charge in [0.25, 0.3) is 0 Å². The number of hydrogen-bond acceptors (Lipinski definition) is 4. The maximum absolute atomic E-state index is 13.6. The van der Waals surface area contributed by atoms with Gasteiger partial charge in [0.05, 0.1) is 17.0 Å². The number of alkyl halides is 3. The molecule has 0 aliphatic carbocycles. The van der Waals surface area contributed by atoms with Gasteiger partial charge in [-0.2, -0.15) is 13.2 Å². The van der Waals surface area contributed by atoms with E-state index in [0.29, 0.717) is 22.8 Å². The molecule has 4 aromatic rings. The number of nitrogens with one attached hydrogen (secondary N) is 1. The molecule has 0 radical (unpaired) electrons. The summed E-state index contributed by atoms with van der Waals surface area (Å²) in [5.41, 5.74) is 3.02. The Morgan fingerprint density at radius 3 is 2.38 bits per heavy atom. The van der Waals surface area contributed by atoms with E-state index in [4.69, 9.17) is 4.98 Å². The highest BCUT2D eigenvalue weighted by atomic mass is 19.4. The van der Waals surface area contributed by atoms with Crippen LogP contribution >= 0.6 is 0 Å².